The maximum Gasteiger partial charge on any atom is 0.224 e. The van der Waals surface area contributed by atoms with Gasteiger partial charge in [-0.25, -0.2) is 0 Å². The van der Waals surface area contributed by atoms with Crippen LogP contribution in [0.25, 0.3) is 0 Å². The monoisotopic (exact) mass is 274 g/mol. The zero-order valence-corrected chi connectivity index (χ0v) is 11.4. The second kappa shape index (κ2) is 6.34. The van der Waals surface area contributed by atoms with Gasteiger partial charge in [0.25, 0.3) is 0 Å². The predicted octanol–water partition coefficient (Wildman–Crippen LogP) is 3.61. The van der Waals surface area contributed by atoms with E-state index in [1.165, 1.54) is 0 Å². The van der Waals surface area contributed by atoms with Crippen LogP contribution in [-0.4, -0.2) is 10.9 Å². The third kappa shape index (κ3) is 4.07. The molecule has 1 aromatic heterocycles. The number of nitrogens with zero attached hydrogens (tertiary/aromatic N) is 1. The van der Waals surface area contributed by atoms with Gasteiger partial charge in [0.15, 0.2) is 0 Å². The lowest BCUT2D eigenvalue weighted by atomic mass is 10.1. The number of carbonyl (C=O) groups excluding carboxylic acids is 1. The van der Waals surface area contributed by atoms with Crippen LogP contribution in [-0.2, 0) is 11.2 Å². The molecule has 0 saturated heterocycles. The highest BCUT2D eigenvalue weighted by molar-refractivity contribution is 6.30. The molecule has 98 valence electrons. The predicted molar refractivity (Wildman–Crippen MR) is 77.4 cm³/mol. The molecule has 0 saturated carbocycles. The van der Waals surface area contributed by atoms with Gasteiger partial charge < -0.3 is 5.32 Å². The summed E-state index contributed by atoms with van der Waals surface area (Å²) in [5.41, 5.74) is 2.83. The highest BCUT2D eigenvalue weighted by Crippen LogP contribution is 2.14. The van der Waals surface area contributed by atoms with Crippen LogP contribution in [0.1, 0.15) is 17.5 Å². The standard InChI is InChI=1S/C15H15ClN2O/c1-11-7-8-17-10-14(11)18-15(19)6-5-12-3-2-4-13(16)9-12/h2-4,7-10H,5-6H2,1H3,(H,18,19). The minimum absolute atomic E-state index is 0.0175. The molecule has 0 radical (unpaired) electrons. The molecule has 0 atom stereocenters. The van der Waals surface area contributed by atoms with Gasteiger partial charge >= 0.3 is 0 Å². The number of benzene rings is 1. The first-order valence-electron chi connectivity index (χ1n) is 6.10. The van der Waals surface area contributed by atoms with Gasteiger partial charge in [0.1, 0.15) is 0 Å². The molecule has 0 fully saturated rings. The fourth-order valence-electron chi connectivity index (χ4n) is 1.76. The van der Waals surface area contributed by atoms with Crippen LogP contribution in [0.2, 0.25) is 5.02 Å². The van der Waals surface area contributed by atoms with E-state index >= 15 is 0 Å². The van der Waals surface area contributed by atoms with Crippen molar-refractivity contribution in [3.05, 3.63) is 58.9 Å². The summed E-state index contributed by atoms with van der Waals surface area (Å²) >= 11 is 5.90. The molecule has 1 amide bonds. The van der Waals surface area contributed by atoms with E-state index in [1.807, 2.05) is 37.3 Å². The average Bonchev–Trinajstić information content (AvgIpc) is 2.39. The van der Waals surface area contributed by atoms with Crippen molar-refractivity contribution in [3.8, 4) is 0 Å². The Hall–Kier alpha value is -1.87. The third-order valence-electron chi connectivity index (χ3n) is 2.84. The quantitative estimate of drug-likeness (QED) is 0.925. The summed E-state index contributed by atoms with van der Waals surface area (Å²) in [5, 5.41) is 3.56. The zero-order valence-electron chi connectivity index (χ0n) is 10.7. The summed E-state index contributed by atoms with van der Waals surface area (Å²) in [6.07, 6.45) is 4.46. The van der Waals surface area contributed by atoms with Crippen LogP contribution in [0.3, 0.4) is 0 Å². The molecule has 0 aliphatic rings. The first kappa shape index (κ1) is 13.6. The summed E-state index contributed by atoms with van der Waals surface area (Å²) in [5.74, 6) is -0.0175. The first-order chi connectivity index (χ1) is 9.15. The van der Waals surface area contributed by atoms with Gasteiger partial charge in [0.2, 0.25) is 5.91 Å². The molecule has 4 heteroatoms. The molecule has 2 aromatic rings. The molecule has 3 nitrogen and oxygen atoms in total. The summed E-state index contributed by atoms with van der Waals surface area (Å²) < 4.78 is 0. The Balaban J connectivity index is 1.90. The molecule has 1 heterocycles. The molecular weight excluding hydrogens is 260 g/mol. The fourth-order valence-corrected chi connectivity index (χ4v) is 1.97. The van der Waals surface area contributed by atoms with Gasteiger partial charge in [-0.15, -0.1) is 0 Å². The molecule has 2 rings (SSSR count). The average molecular weight is 275 g/mol. The van der Waals surface area contributed by atoms with Crippen molar-refractivity contribution in [2.24, 2.45) is 0 Å². The number of aromatic nitrogens is 1. The van der Waals surface area contributed by atoms with Crippen molar-refractivity contribution in [2.45, 2.75) is 19.8 Å². The van der Waals surface area contributed by atoms with Crippen LogP contribution in [0.15, 0.2) is 42.7 Å². The number of amides is 1. The molecule has 0 aliphatic carbocycles. The smallest absolute Gasteiger partial charge is 0.224 e. The second-order valence-corrected chi connectivity index (χ2v) is 4.81. The SMILES string of the molecule is Cc1ccncc1NC(=O)CCc1cccc(Cl)c1. The van der Waals surface area contributed by atoms with Gasteiger partial charge in [0.05, 0.1) is 11.9 Å². The lowest BCUT2D eigenvalue weighted by Crippen LogP contribution is -2.13. The normalized spacial score (nSPS) is 10.2. The number of anilines is 1. The molecule has 0 unspecified atom stereocenters. The van der Waals surface area contributed by atoms with Gasteiger partial charge in [0, 0.05) is 17.6 Å². The molecule has 0 bridgehead atoms. The van der Waals surface area contributed by atoms with Crippen molar-refractivity contribution in [1.29, 1.82) is 0 Å². The van der Waals surface area contributed by atoms with Gasteiger partial charge in [-0.2, -0.15) is 0 Å². The van der Waals surface area contributed by atoms with Crippen LogP contribution < -0.4 is 5.32 Å². The number of carbonyl (C=O) groups is 1. The number of nitrogens with one attached hydrogen (secondary N) is 1. The summed E-state index contributed by atoms with van der Waals surface area (Å²) in [7, 11) is 0. The highest BCUT2D eigenvalue weighted by Gasteiger charge is 2.05. The van der Waals surface area contributed by atoms with Crippen molar-refractivity contribution < 1.29 is 4.79 Å². The number of rotatable bonds is 4. The van der Waals surface area contributed by atoms with Gasteiger partial charge in [-0.05, 0) is 42.7 Å². The Morgan fingerprint density at radius 3 is 2.95 bits per heavy atom. The maximum absolute atomic E-state index is 11.9. The summed E-state index contributed by atoms with van der Waals surface area (Å²) in [6.45, 7) is 1.94. The van der Waals surface area contributed by atoms with Crippen LogP contribution >= 0.6 is 11.6 Å². The number of aryl methyl sites for hydroxylation is 2. The minimum atomic E-state index is -0.0175. The lowest BCUT2D eigenvalue weighted by molar-refractivity contribution is -0.116. The maximum atomic E-state index is 11.9. The molecule has 0 aliphatic heterocycles. The molecular formula is C15H15ClN2O. The minimum Gasteiger partial charge on any atom is -0.325 e. The van der Waals surface area contributed by atoms with E-state index in [9.17, 15) is 4.79 Å². The van der Waals surface area contributed by atoms with E-state index < -0.39 is 0 Å². The molecule has 0 spiro atoms. The Bertz CT molecular complexity index is 584. The number of pyridine rings is 1. The van der Waals surface area contributed by atoms with E-state index in [0.29, 0.717) is 17.9 Å². The van der Waals surface area contributed by atoms with Crippen molar-refractivity contribution in [2.75, 3.05) is 5.32 Å². The Kier molecular flexibility index (Phi) is 4.53. The first-order valence-corrected chi connectivity index (χ1v) is 6.48. The van der Waals surface area contributed by atoms with Crippen LogP contribution in [0.4, 0.5) is 5.69 Å². The topological polar surface area (TPSA) is 42.0 Å². The van der Waals surface area contributed by atoms with Gasteiger partial charge in [-0.1, -0.05) is 23.7 Å². The second-order valence-electron chi connectivity index (χ2n) is 4.37. The van der Waals surface area contributed by atoms with Crippen LogP contribution in [0, 0.1) is 6.92 Å². The number of hydrogen-bond acceptors (Lipinski definition) is 2. The molecule has 19 heavy (non-hydrogen) atoms. The molecule has 1 aromatic carbocycles. The van der Waals surface area contributed by atoms with Crippen molar-refractivity contribution in [1.82, 2.24) is 4.98 Å². The Labute approximate surface area is 117 Å². The van der Waals surface area contributed by atoms with E-state index in [4.69, 9.17) is 11.6 Å². The Morgan fingerprint density at radius 1 is 1.37 bits per heavy atom. The van der Waals surface area contributed by atoms with E-state index in [-0.39, 0.29) is 5.91 Å². The molecule has 1 N–H and O–H groups in total. The number of hydrogen-bond donors (Lipinski definition) is 1. The highest BCUT2D eigenvalue weighted by atomic mass is 35.5. The van der Waals surface area contributed by atoms with Crippen LogP contribution in [0.5, 0.6) is 0 Å². The summed E-state index contributed by atoms with van der Waals surface area (Å²) in [4.78, 5) is 15.8. The van der Waals surface area contributed by atoms with E-state index in [2.05, 4.69) is 10.3 Å². The fraction of sp³-hybridized carbons (Fsp3) is 0.200. The van der Waals surface area contributed by atoms with E-state index in [1.54, 1.807) is 12.4 Å². The lowest BCUT2D eigenvalue weighted by Gasteiger charge is -2.07. The summed E-state index contributed by atoms with van der Waals surface area (Å²) in [6, 6.07) is 9.43. The third-order valence-corrected chi connectivity index (χ3v) is 3.08. The van der Waals surface area contributed by atoms with Crippen molar-refractivity contribution >= 4 is 23.2 Å². The zero-order chi connectivity index (χ0) is 13.7. The van der Waals surface area contributed by atoms with E-state index in [0.717, 1.165) is 16.8 Å². The largest absolute Gasteiger partial charge is 0.325 e. The van der Waals surface area contributed by atoms with Gasteiger partial charge in [-0.3, -0.25) is 9.78 Å². The number of halogens is 1. The Morgan fingerprint density at radius 2 is 2.21 bits per heavy atom. The van der Waals surface area contributed by atoms with Crippen molar-refractivity contribution in [3.63, 3.8) is 0 Å².